The van der Waals surface area contributed by atoms with Crippen LogP contribution in [0.5, 0.6) is 0 Å². The molecule has 0 aliphatic carbocycles. The fourth-order valence-electron chi connectivity index (χ4n) is 1.52. The fourth-order valence-corrected chi connectivity index (χ4v) is 1.70. The van der Waals surface area contributed by atoms with E-state index in [0.717, 1.165) is 19.4 Å². The second-order valence-electron chi connectivity index (χ2n) is 3.78. The molecule has 1 unspecified atom stereocenters. The summed E-state index contributed by atoms with van der Waals surface area (Å²) in [7, 11) is 0. The van der Waals surface area contributed by atoms with Crippen LogP contribution in [-0.2, 0) is 9.53 Å². The Kier molecular flexibility index (Phi) is 6.18. The highest BCUT2D eigenvalue weighted by molar-refractivity contribution is 6.19. The third-order valence-electron chi connectivity index (χ3n) is 2.38. The van der Waals surface area contributed by atoms with Crippen LogP contribution < -0.4 is 10.6 Å². The topological polar surface area (TPSA) is 67.4 Å². The summed E-state index contributed by atoms with van der Waals surface area (Å²) < 4.78 is 5.28. The first-order valence-electron chi connectivity index (χ1n) is 5.43. The SMILES string of the molecule is O=C(CCCl)NC(=O)NCC1CCCOC1. The van der Waals surface area contributed by atoms with Gasteiger partial charge < -0.3 is 10.1 Å². The summed E-state index contributed by atoms with van der Waals surface area (Å²) in [5, 5.41) is 4.85. The molecule has 0 bridgehead atoms. The average molecular weight is 249 g/mol. The lowest BCUT2D eigenvalue weighted by Gasteiger charge is -2.22. The van der Waals surface area contributed by atoms with Gasteiger partial charge in [-0.2, -0.15) is 0 Å². The van der Waals surface area contributed by atoms with Crippen molar-refractivity contribution in [1.29, 1.82) is 0 Å². The molecule has 0 saturated carbocycles. The van der Waals surface area contributed by atoms with Gasteiger partial charge >= 0.3 is 6.03 Å². The van der Waals surface area contributed by atoms with Gasteiger partial charge in [0.1, 0.15) is 0 Å². The Hall–Kier alpha value is -0.810. The number of amides is 3. The molecule has 1 aliphatic heterocycles. The summed E-state index contributed by atoms with van der Waals surface area (Å²) in [6, 6.07) is -0.458. The normalized spacial score (nSPS) is 20.2. The van der Waals surface area contributed by atoms with Crippen LogP contribution in [0.1, 0.15) is 19.3 Å². The van der Waals surface area contributed by atoms with E-state index in [-0.39, 0.29) is 18.2 Å². The zero-order valence-corrected chi connectivity index (χ0v) is 9.89. The number of imide groups is 1. The van der Waals surface area contributed by atoms with Crippen LogP contribution >= 0.6 is 11.6 Å². The lowest BCUT2D eigenvalue weighted by atomic mass is 10.0. The van der Waals surface area contributed by atoms with Crippen LogP contribution in [0.2, 0.25) is 0 Å². The van der Waals surface area contributed by atoms with E-state index in [1.807, 2.05) is 0 Å². The summed E-state index contributed by atoms with van der Waals surface area (Å²) in [5.41, 5.74) is 0. The molecule has 1 atom stereocenters. The number of nitrogens with one attached hydrogen (secondary N) is 2. The molecule has 0 aromatic heterocycles. The van der Waals surface area contributed by atoms with Gasteiger partial charge in [-0.05, 0) is 18.8 Å². The van der Waals surface area contributed by atoms with Gasteiger partial charge in [0.25, 0.3) is 0 Å². The van der Waals surface area contributed by atoms with Gasteiger partial charge in [-0.3, -0.25) is 10.1 Å². The highest BCUT2D eigenvalue weighted by Gasteiger charge is 2.15. The van der Waals surface area contributed by atoms with Crippen molar-refractivity contribution in [3.05, 3.63) is 0 Å². The Morgan fingerprint density at radius 2 is 2.25 bits per heavy atom. The van der Waals surface area contributed by atoms with Crippen LogP contribution in [0.3, 0.4) is 0 Å². The second kappa shape index (κ2) is 7.46. The molecular weight excluding hydrogens is 232 g/mol. The third-order valence-corrected chi connectivity index (χ3v) is 2.57. The highest BCUT2D eigenvalue weighted by Crippen LogP contribution is 2.11. The smallest absolute Gasteiger partial charge is 0.321 e. The number of alkyl halides is 1. The fraction of sp³-hybridized carbons (Fsp3) is 0.800. The van der Waals surface area contributed by atoms with Gasteiger partial charge in [0.05, 0.1) is 6.61 Å². The predicted molar refractivity (Wildman–Crippen MR) is 60.4 cm³/mol. The monoisotopic (exact) mass is 248 g/mol. The molecule has 6 heteroatoms. The van der Waals surface area contributed by atoms with Crippen LogP contribution in [0, 0.1) is 5.92 Å². The average Bonchev–Trinajstić information content (AvgIpc) is 2.28. The molecule has 92 valence electrons. The third kappa shape index (κ3) is 5.32. The van der Waals surface area contributed by atoms with Crippen LogP contribution in [-0.4, -0.2) is 37.6 Å². The Morgan fingerprint density at radius 1 is 1.44 bits per heavy atom. The molecule has 0 aromatic rings. The Bertz CT molecular complexity index is 242. The molecule has 1 rings (SSSR count). The molecule has 3 amide bonds. The summed E-state index contributed by atoms with van der Waals surface area (Å²) in [5.74, 6) is 0.213. The van der Waals surface area contributed by atoms with Crippen molar-refractivity contribution in [2.24, 2.45) is 5.92 Å². The van der Waals surface area contributed by atoms with E-state index in [4.69, 9.17) is 16.3 Å². The largest absolute Gasteiger partial charge is 0.381 e. The van der Waals surface area contributed by atoms with E-state index in [9.17, 15) is 9.59 Å². The van der Waals surface area contributed by atoms with Gasteiger partial charge in [0.15, 0.2) is 0 Å². The predicted octanol–water partition coefficient (Wildman–Crippen LogP) is 0.868. The lowest BCUT2D eigenvalue weighted by molar-refractivity contribution is -0.119. The Labute approximate surface area is 99.9 Å². The molecule has 0 radical (unpaired) electrons. The second-order valence-corrected chi connectivity index (χ2v) is 4.16. The minimum Gasteiger partial charge on any atom is -0.381 e. The quantitative estimate of drug-likeness (QED) is 0.726. The van der Waals surface area contributed by atoms with E-state index in [1.54, 1.807) is 0 Å². The van der Waals surface area contributed by atoms with E-state index in [2.05, 4.69) is 10.6 Å². The van der Waals surface area contributed by atoms with Crippen molar-refractivity contribution < 1.29 is 14.3 Å². The highest BCUT2D eigenvalue weighted by atomic mass is 35.5. The molecule has 1 saturated heterocycles. The van der Waals surface area contributed by atoms with E-state index in [1.165, 1.54) is 0 Å². The van der Waals surface area contributed by atoms with Gasteiger partial charge in [-0.1, -0.05) is 0 Å². The lowest BCUT2D eigenvalue weighted by Crippen LogP contribution is -2.42. The molecule has 1 aliphatic rings. The Balaban J connectivity index is 2.11. The summed E-state index contributed by atoms with van der Waals surface area (Å²) in [6.45, 7) is 2.02. The molecule has 0 aromatic carbocycles. The maximum atomic E-state index is 11.2. The van der Waals surface area contributed by atoms with Crippen molar-refractivity contribution in [3.8, 4) is 0 Å². The van der Waals surface area contributed by atoms with Crippen LogP contribution in [0.15, 0.2) is 0 Å². The molecular formula is C10H17ClN2O3. The molecule has 1 fully saturated rings. The number of carbonyl (C=O) groups excluding carboxylic acids is 2. The zero-order chi connectivity index (χ0) is 11.8. The molecule has 1 heterocycles. The van der Waals surface area contributed by atoms with Crippen molar-refractivity contribution in [3.63, 3.8) is 0 Å². The number of ether oxygens (including phenoxy) is 1. The maximum Gasteiger partial charge on any atom is 0.321 e. The van der Waals surface area contributed by atoms with Crippen molar-refractivity contribution in [1.82, 2.24) is 10.6 Å². The van der Waals surface area contributed by atoms with Gasteiger partial charge in [-0.15, -0.1) is 11.6 Å². The standard InChI is InChI=1S/C10H17ClN2O3/c11-4-3-9(14)13-10(15)12-6-8-2-1-5-16-7-8/h8H,1-7H2,(H2,12,13,14,15). The van der Waals surface area contributed by atoms with E-state index in [0.29, 0.717) is 19.1 Å². The minimum absolute atomic E-state index is 0.154. The van der Waals surface area contributed by atoms with Crippen molar-refractivity contribution >= 4 is 23.5 Å². The summed E-state index contributed by atoms with van der Waals surface area (Å²) >= 11 is 5.37. The van der Waals surface area contributed by atoms with Crippen LogP contribution in [0.25, 0.3) is 0 Å². The molecule has 2 N–H and O–H groups in total. The Morgan fingerprint density at radius 3 is 2.88 bits per heavy atom. The van der Waals surface area contributed by atoms with Gasteiger partial charge in [0, 0.05) is 25.5 Å². The van der Waals surface area contributed by atoms with Crippen molar-refractivity contribution in [2.75, 3.05) is 25.6 Å². The van der Waals surface area contributed by atoms with Gasteiger partial charge in [0.2, 0.25) is 5.91 Å². The number of rotatable bonds is 4. The number of hydrogen-bond acceptors (Lipinski definition) is 3. The number of urea groups is 1. The summed E-state index contributed by atoms with van der Waals surface area (Å²) in [6.07, 6.45) is 2.23. The maximum absolute atomic E-state index is 11.2. The van der Waals surface area contributed by atoms with Crippen molar-refractivity contribution in [2.45, 2.75) is 19.3 Å². The van der Waals surface area contributed by atoms with E-state index < -0.39 is 6.03 Å². The summed E-state index contributed by atoms with van der Waals surface area (Å²) in [4.78, 5) is 22.3. The molecule has 5 nitrogen and oxygen atoms in total. The first-order valence-corrected chi connectivity index (χ1v) is 5.97. The van der Waals surface area contributed by atoms with E-state index >= 15 is 0 Å². The van der Waals surface area contributed by atoms with Crippen LogP contribution in [0.4, 0.5) is 4.79 Å². The number of halogens is 1. The zero-order valence-electron chi connectivity index (χ0n) is 9.13. The number of hydrogen-bond donors (Lipinski definition) is 2. The first-order chi connectivity index (χ1) is 7.72. The molecule has 16 heavy (non-hydrogen) atoms. The minimum atomic E-state index is -0.458. The van der Waals surface area contributed by atoms with Gasteiger partial charge in [-0.25, -0.2) is 4.79 Å². The number of carbonyl (C=O) groups is 2. The molecule has 0 spiro atoms. The first kappa shape index (κ1) is 13.3.